The van der Waals surface area contributed by atoms with E-state index in [0.29, 0.717) is 12.2 Å². The van der Waals surface area contributed by atoms with E-state index in [2.05, 4.69) is 0 Å². The molecular formula is C17H26O3. The number of hydrogen-bond donors (Lipinski definition) is 0. The molecule has 0 aliphatic heterocycles. The maximum Gasteiger partial charge on any atom is 0.192 e. The van der Waals surface area contributed by atoms with E-state index in [1.807, 2.05) is 53.7 Å². The fraction of sp³-hybridized carbons (Fsp3) is 0.588. The SMILES string of the molecule is CCOC(C(=O)c1ccc(OC(C)C)cc1)C(C)(C)C. The molecule has 20 heavy (non-hydrogen) atoms. The number of carbonyl (C=O) groups is 1. The summed E-state index contributed by atoms with van der Waals surface area (Å²) in [6.07, 6.45) is -0.299. The van der Waals surface area contributed by atoms with Crippen LogP contribution in [0, 0.1) is 5.41 Å². The zero-order chi connectivity index (χ0) is 15.3. The highest BCUT2D eigenvalue weighted by atomic mass is 16.5. The van der Waals surface area contributed by atoms with Crippen molar-refractivity contribution >= 4 is 5.78 Å². The second-order valence-electron chi connectivity index (χ2n) is 6.26. The second-order valence-corrected chi connectivity index (χ2v) is 6.26. The molecule has 0 radical (unpaired) electrons. The van der Waals surface area contributed by atoms with Crippen molar-refractivity contribution in [3.05, 3.63) is 29.8 Å². The number of hydrogen-bond acceptors (Lipinski definition) is 3. The van der Waals surface area contributed by atoms with E-state index in [9.17, 15) is 4.79 Å². The molecule has 0 saturated heterocycles. The van der Waals surface area contributed by atoms with E-state index < -0.39 is 6.10 Å². The summed E-state index contributed by atoms with van der Waals surface area (Å²) >= 11 is 0. The lowest BCUT2D eigenvalue weighted by Crippen LogP contribution is -2.37. The minimum absolute atomic E-state index is 0.0236. The predicted octanol–water partition coefficient (Wildman–Crippen LogP) is 4.11. The Morgan fingerprint density at radius 2 is 1.70 bits per heavy atom. The first-order valence-electron chi connectivity index (χ1n) is 7.18. The van der Waals surface area contributed by atoms with Gasteiger partial charge in [0, 0.05) is 12.2 Å². The van der Waals surface area contributed by atoms with E-state index in [-0.39, 0.29) is 17.3 Å². The van der Waals surface area contributed by atoms with Gasteiger partial charge in [-0.05, 0) is 50.5 Å². The smallest absolute Gasteiger partial charge is 0.192 e. The van der Waals surface area contributed by atoms with E-state index >= 15 is 0 Å². The van der Waals surface area contributed by atoms with Crippen LogP contribution in [0.3, 0.4) is 0 Å². The van der Waals surface area contributed by atoms with Gasteiger partial charge in [-0.25, -0.2) is 0 Å². The first-order valence-corrected chi connectivity index (χ1v) is 7.18. The Hall–Kier alpha value is -1.35. The Morgan fingerprint density at radius 3 is 2.10 bits per heavy atom. The molecule has 0 amide bonds. The Kier molecular flexibility index (Phi) is 5.75. The third-order valence-corrected chi connectivity index (χ3v) is 2.87. The van der Waals surface area contributed by atoms with E-state index in [1.165, 1.54) is 0 Å². The van der Waals surface area contributed by atoms with Gasteiger partial charge in [0.15, 0.2) is 5.78 Å². The molecule has 0 N–H and O–H groups in total. The van der Waals surface area contributed by atoms with Crippen LogP contribution < -0.4 is 4.74 Å². The van der Waals surface area contributed by atoms with Gasteiger partial charge >= 0.3 is 0 Å². The standard InChI is InChI=1S/C17H26O3/c1-7-19-16(17(4,5)6)15(18)13-8-10-14(11-9-13)20-12(2)3/h8-12,16H,7H2,1-6H3. The number of ether oxygens (including phenoxy) is 2. The Labute approximate surface area is 122 Å². The summed E-state index contributed by atoms with van der Waals surface area (Å²) in [7, 11) is 0. The molecule has 3 nitrogen and oxygen atoms in total. The van der Waals surface area contributed by atoms with E-state index in [4.69, 9.17) is 9.47 Å². The second kappa shape index (κ2) is 6.89. The van der Waals surface area contributed by atoms with Gasteiger partial charge in [-0.1, -0.05) is 20.8 Å². The summed E-state index contributed by atoms with van der Waals surface area (Å²) in [6.45, 7) is 12.4. The lowest BCUT2D eigenvalue weighted by atomic mass is 9.84. The van der Waals surface area contributed by atoms with Crippen LogP contribution in [0.25, 0.3) is 0 Å². The van der Waals surface area contributed by atoms with Crippen molar-refractivity contribution in [3.8, 4) is 5.75 Å². The van der Waals surface area contributed by atoms with Crippen molar-refractivity contribution in [2.24, 2.45) is 5.41 Å². The molecule has 0 aromatic heterocycles. The van der Waals surface area contributed by atoms with Crippen LogP contribution in [0.2, 0.25) is 0 Å². The molecule has 0 spiro atoms. The molecule has 1 unspecified atom stereocenters. The average molecular weight is 278 g/mol. The van der Waals surface area contributed by atoms with Crippen molar-refractivity contribution in [2.75, 3.05) is 6.61 Å². The van der Waals surface area contributed by atoms with Crippen LogP contribution in [-0.2, 0) is 4.74 Å². The fourth-order valence-corrected chi connectivity index (χ4v) is 2.01. The van der Waals surface area contributed by atoms with Crippen LogP contribution in [0.1, 0.15) is 51.9 Å². The Balaban J connectivity index is 2.90. The van der Waals surface area contributed by atoms with Crippen LogP contribution in [0.15, 0.2) is 24.3 Å². The molecule has 3 heteroatoms. The Bertz CT molecular complexity index is 427. The molecule has 0 aliphatic rings. The van der Waals surface area contributed by atoms with Gasteiger partial charge in [-0.2, -0.15) is 0 Å². The number of carbonyl (C=O) groups excluding carboxylic acids is 1. The molecule has 1 aromatic rings. The van der Waals surface area contributed by atoms with Crippen LogP contribution >= 0.6 is 0 Å². The van der Waals surface area contributed by atoms with Gasteiger partial charge in [0.1, 0.15) is 11.9 Å². The van der Waals surface area contributed by atoms with Crippen LogP contribution in [0.5, 0.6) is 5.75 Å². The van der Waals surface area contributed by atoms with Gasteiger partial charge in [0.2, 0.25) is 0 Å². The quantitative estimate of drug-likeness (QED) is 0.735. The highest BCUT2D eigenvalue weighted by molar-refractivity contribution is 6.00. The van der Waals surface area contributed by atoms with Gasteiger partial charge < -0.3 is 9.47 Å². The van der Waals surface area contributed by atoms with Crippen molar-refractivity contribution in [3.63, 3.8) is 0 Å². The monoisotopic (exact) mass is 278 g/mol. The topological polar surface area (TPSA) is 35.5 Å². The van der Waals surface area contributed by atoms with Crippen molar-refractivity contribution < 1.29 is 14.3 Å². The molecule has 0 heterocycles. The molecule has 0 saturated carbocycles. The molecule has 0 aliphatic carbocycles. The number of rotatable bonds is 6. The molecular weight excluding hydrogens is 252 g/mol. The molecule has 112 valence electrons. The molecule has 1 atom stereocenters. The third kappa shape index (κ3) is 4.64. The highest BCUT2D eigenvalue weighted by Crippen LogP contribution is 2.26. The third-order valence-electron chi connectivity index (χ3n) is 2.87. The zero-order valence-electron chi connectivity index (χ0n) is 13.4. The number of ketones is 1. The van der Waals surface area contributed by atoms with E-state index in [0.717, 1.165) is 5.75 Å². The summed E-state index contributed by atoms with van der Waals surface area (Å²) in [6, 6.07) is 7.27. The lowest BCUT2D eigenvalue weighted by Gasteiger charge is -2.29. The minimum atomic E-state index is -0.427. The maximum absolute atomic E-state index is 12.5. The molecule has 0 fully saturated rings. The van der Waals surface area contributed by atoms with Crippen LogP contribution in [0.4, 0.5) is 0 Å². The van der Waals surface area contributed by atoms with Crippen molar-refractivity contribution in [1.82, 2.24) is 0 Å². The maximum atomic E-state index is 12.5. The average Bonchev–Trinajstić information content (AvgIpc) is 2.34. The Morgan fingerprint density at radius 1 is 1.15 bits per heavy atom. The predicted molar refractivity (Wildman–Crippen MR) is 81.4 cm³/mol. The van der Waals surface area contributed by atoms with Gasteiger partial charge in [0.05, 0.1) is 6.10 Å². The highest BCUT2D eigenvalue weighted by Gasteiger charge is 2.32. The zero-order valence-corrected chi connectivity index (χ0v) is 13.4. The van der Waals surface area contributed by atoms with Gasteiger partial charge in [0.25, 0.3) is 0 Å². The molecule has 0 bridgehead atoms. The summed E-state index contributed by atoms with van der Waals surface area (Å²) in [4.78, 5) is 12.5. The summed E-state index contributed by atoms with van der Waals surface area (Å²) in [5.74, 6) is 0.802. The van der Waals surface area contributed by atoms with Gasteiger partial charge in [-0.3, -0.25) is 4.79 Å². The van der Waals surface area contributed by atoms with Gasteiger partial charge in [-0.15, -0.1) is 0 Å². The molecule has 1 rings (SSSR count). The lowest BCUT2D eigenvalue weighted by molar-refractivity contribution is -0.000221. The number of Topliss-reactive ketones (excluding diaryl/α,β-unsaturated/α-hetero) is 1. The molecule has 1 aromatic carbocycles. The largest absolute Gasteiger partial charge is 0.491 e. The summed E-state index contributed by atoms with van der Waals surface area (Å²) < 4.78 is 11.2. The summed E-state index contributed by atoms with van der Waals surface area (Å²) in [5.41, 5.74) is 0.440. The van der Waals surface area contributed by atoms with Crippen molar-refractivity contribution in [2.45, 2.75) is 53.8 Å². The normalized spacial score (nSPS) is 13.3. The first-order chi connectivity index (χ1) is 9.25. The van der Waals surface area contributed by atoms with E-state index in [1.54, 1.807) is 12.1 Å². The van der Waals surface area contributed by atoms with Crippen LogP contribution in [-0.4, -0.2) is 24.6 Å². The first kappa shape index (κ1) is 16.7. The van der Waals surface area contributed by atoms with Crippen molar-refractivity contribution in [1.29, 1.82) is 0 Å². The minimum Gasteiger partial charge on any atom is -0.491 e. The summed E-state index contributed by atoms with van der Waals surface area (Å²) in [5, 5.41) is 0. The fourth-order valence-electron chi connectivity index (χ4n) is 2.01. The number of benzene rings is 1.